The molecule has 2 fully saturated rings. The van der Waals surface area contributed by atoms with Gasteiger partial charge in [0.2, 0.25) is 0 Å². The van der Waals surface area contributed by atoms with Gasteiger partial charge in [-0.2, -0.15) is 0 Å². The lowest BCUT2D eigenvalue weighted by Crippen LogP contribution is -2.40. The quantitative estimate of drug-likeness (QED) is 0.511. The maximum atomic E-state index is 15.7. The highest BCUT2D eigenvalue weighted by Gasteiger charge is 2.49. The monoisotopic (exact) mass is 487 g/mol. The highest BCUT2D eigenvalue weighted by molar-refractivity contribution is 5.94. The number of nitrogens with zero attached hydrogens (tertiary/aromatic N) is 2. The number of allylic oxidation sites excluding steroid dienone is 1. The maximum Gasteiger partial charge on any atom is 0.329 e. The Morgan fingerprint density at radius 2 is 1.97 bits per heavy atom. The zero-order chi connectivity index (χ0) is 24.5. The van der Waals surface area contributed by atoms with Crippen molar-refractivity contribution < 1.29 is 31.8 Å². The van der Waals surface area contributed by atoms with E-state index < -0.39 is 64.5 Å². The predicted molar refractivity (Wildman–Crippen MR) is 113 cm³/mol. The molecular weight excluding hydrogens is 465 g/mol. The summed E-state index contributed by atoms with van der Waals surface area (Å²) in [6.07, 6.45) is -3.29. The van der Waals surface area contributed by atoms with Crippen molar-refractivity contribution in [2.75, 3.05) is 25.1 Å². The summed E-state index contributed by atoms with van der Waals surface area (Å²) in [5, 5.41) is 9.63. The van der Waals surface area contributed by atoms with Gasteiger partial charge >= 0.3 is 5.69 Å². The van der Waals surface area contributed by atoms with Gasteiger partial charge in [-0.3, -0.25) is 14.3 Å². The Bertz CT molecular complexity index is 1310. The van der Waals surface area contributed by atoms with Crippen molar-refractivity contribution in [3.05, 3.63) is 43.9 Å². The van der Waals surface area contributed by atoms with E-state index in [0.717, 1.165) is 11.7 Å². The highest BCUT2D eigenvalue weighted by atomic mass is 19.3. The number of aliphatic hydroxyl groups excluding tert-OH is 1. The Kier molecular flexibility index (Phi) is 5.26. The Morgan fingerprint density at radius 3 is 2.59 bits per heavy atom. The van der Waals surface area contributed by atoms with E-state index >= 15 is 4.39 Å². The van der Waals surface area contributed by atoms with Crippen molar-refractivity contribution in [2.45, 2.75) is 50.2 Å². The summed E-state index contributed by atoms with van der Waals surface area (Å²) in [6, 6.07) is -0.377. The van der Waals surface area contributed by atoms with Crippen LogP contribution < -0.4 is 20.9 Å². The summed E-state index contributed by atoms with van der Waals surface area (Å²) >= 11 is 0. The third-order valence-corrected chi connectivity index (χ3v) is 6.90. The number of H-pyrrole nitrogens is 1. The van der Waals surface area contributed by atoms with Gasteiger partial charge in [0.25, 0.3) is 17.9 Å². The fourth-order valence-electron chi connectivity index (χ4n) is 5.17. The number of fused-ring (bicyclic) bond motifs is 2. The van der Waals surface area contributed by atoms with Gasteiger partial charge in [0.15, 0.2) is 11.6 Å². The molecule has 1 aromatic heterocycles. The molecule has 0 spiro atoms. The average Bonchev–Trinajstić information content (AvgIpc) is 3.52. The average molecular weight is 487 g/mol. The Labute approximate surface area is 189 Å². The minimum atomic E-state index is -3.40. The first-order chi connectivity index (χ1) is 16.1. The SMILES string of the molecule is COc1c(N2CC3=CCCC(F)(F)C(O)C3C2)c(F)c(C(F)F)c2c(=O)[nH]c(=O)n(C3CC3)c12. The van der Waals surface area contributed by atoms with Gasteiger partial charge in [-0.15, -0.1) is 0 Å². The summed E-state index contributed by atoms with van der Waals surface area (Å²) < 4.78 is 79.0. The predicted octanol–water partition coefficient (Wildman–Crippen LogP) is 3.26. The molecule has 2 aliphatic carbocycles. The van der Waals surface area contributed by atoms with Gasteiger partial charge in [0.05, 0.1) is 18.1 Å². The molecule has 0 amide bonds. The summed E-state index contributed by atoms with van der Waals surface area (Å²) in [5.74, 6) is -6.13. The second-order valence-electron chi connectivity index (χ2n) is 9.00. The number of anilines is 1. The number of hydrogen-bond acceptors (Lipinski definition) is 5. The molecule has 184 valence electrons. The molecule has 2 aromatic rings. The molecule has 7 nitrogen and oxygen atoms in total. The second kappa shape index (κ2) is 7.82. The Hall–Kier alpha value is -2.89. The van der Waals surface area contributed by atoms with Crippen LogP contribution in [0.5, 0.6) is 5.75 Å². The van der Waals surface area contributed by atoms with E-state index in [2.05, 4.69) is 0 Å². The topological polar surface area (TPSA) is 87.6 Å². The number of hydrogen-bond donors (Lipinski definition) is 2. The lowest BCUT2D eigenvalue weighted by atomic mass is 9.94. The molecule has 1 aromatic carbocycles. The third-order valence-electron chi connectivity index (χ3n) is 6.90. The smallest absolute Gasteiger partial charge is 0.329 e. The molecule has 1 aliphatic heterocycles. The lowest BCUT2D eigenvalue weighted by Gasteiger charge is -2.28. The van der Waals surface area contributed by atoms with E-state index in [9.17, 15) is 32.3 Å². The van der Waals surface area contributed by atoms with E-state index in [4.69, 9.17) is 4.74 Å². The van der Waals surface area contributed by atoms with Crippen molar-refractivity contribution in [3.8, 4) is 5.75 Å². The number of nitrogens with one attached hydrogen (secondary N) is 1. The fraction of sp³-hybridized carbons (Fsp3) is 0.545. The molecule has 2 atom stereocenters. The molecule has 2 heterocycles. The number of aromatic nitrogens is 2. The molecule has 5 rings (SSSR count). The molecule has 34 heavy (non-hydrogen) atoms. The van der Waals surface area contributed by atoms with Crippen molar-refractivity contribution in [2.24, 2.45) is 5.92 Å². The van der Waals surface area contributed by atoms with E-state index in [1.165, 1.54) is 4.90 Å². The van der Waals surface area contributed by atoms with Gasteiger partial charge in [-0.1, -0.05) is 6.08 Å². The zero-order valence-corrected chi connectivity index (χ0v) is 18.1. The van der Waals surface area contributed by atoms with Crippen LogP contribution in [0, 0.1) is 11.7 Å². The Morgan fingerprint density at radius 1 is 1.26 bits per heavy atom. The molecule has 12 heteroatoms. The van der Waals surface area contributed by atoms with Gasteiger partial charge in [-0.25, -0.2) is 26.7 Å². The van der Waals surface area contributed by atoms with E-state index in [1.54, 1.807) is 6.08 Å². The molecule has 3 aliphatic rings. The van der Waals surface area contributed by atoms with Gasteiger partial charge in [-0.05, 0) is 24.8 Å². The second-order valence-corrected chi connectivity index (χ2v) is 9.00. The van der Waals surface area contributed by atoms with Gasteiger partial charge in [0.1, 0.15) is 17.3 Å². The number of aromatic amines is 1. The first kappa shape index (κ1) is 22.9. The number of rotatable bonds is 4. The molecule has 1 saturated carbocycles. The van der Waals surface area contributed by atoms with E-state index in [-0.39, 0.29) is 36.8 Å². The fourth-order valence-corrected chi connectivity index (χ4v) is 5.17. The number of benzene rings is 1. The minimum Gasteiger partial charge on any atom is -0.492 e. The van der Waals surface area contributed by atoms with E-state index in [0.29, 0.717) is 18.4 Å². The molecule has 1 saturated heterocycles. The van der Waals surface area contributed by atoms with Crippen LogP contribution in [0.1, 0.15) is 43.7 Å². The van der Waals surface area contributed by atoms with Crippen LogP contribution >= 0.6 is 0 Å². The Balaban J connectivity index is 1.78. The molecule has 2 N–H and O–H groups in total. The number of methoxy groups -OCH3 is 1. The highest BCUT2D eigenvalue weighted by Crippen LogP contribution is 2.48. The van der Waals surface area contributed by atoms with E-state index in [1.807, 2.05) is 4.98 Å². The minimum absolute atomic E-state index is 0.0000465. The number of halogens is 5. The van der Waals surface area contributed by atoms with Crippen LogP contribution in [0.25, 0.3) is 10.9 Å². The summed E-state index contributed by atoms with van der Waals surface area (Å²) in [5.41, 5.74) is -3.45. The van der Waals surface area contributed by atoms with Crippen LogP contribution in [-0.4, -0.2) is 46.9 Å². The van der Waals surface area contributed by atoms with Gasteiger partial charge < -0.3 is 14.7 Å². The first-order valence-electron chi connectivity index (χ1n) is 10.9. The normalized spacial score (nSPS) is 24.4. The molecule has 0 radical (unpaired) electrons. The van der Waals surface area contributed by atoms with Crippen molar-refractivity contribution >= 4 is 16.6 Å². The largest absolute Gasteiger partial charge is 0.492 e. The zero-order valence-electron chi connectivity index (χ0n) is 18.1. The first-order valence-corrected chi connectivity index (χ1v) is 10.9. The standard InChI is InChI=1S/C22H22F5N3O4/c1-34-17-15-13(20(32)28-21(33)30(15)10-4-5-10)12(19(24)25)14(23)16(17)29-7-9-3-2-6-22(26,27)18(31)11(9)8-29/h3,10-11,18-19,31H,2,4-8H2,1H3,(H,28,32,33). The maximum absolute atomic E-state index is 15.7. The molecule has 2 unspecified atom stereocenters. The molecular formula is C22H22F5N3O4. The number of alkyl halides is 4. The number of ether oxygens (including phenoxy) is 1. The summed E-state index contributed by atoms with van der Waals surface area (Å²) in [4.78, 5) is 28.4. The van der Waals surface area contributed by atoms with Crippen LogP contribution in [0.4, 0.5) is 27.6 Å². The lowest BCUT2D eigenvalue weighted by molar-refractivity contribution is -0.124. The van der Waals surface area contributed by atoms with Crippen molar-refractivity contribution in [1.82, 2.24) is 9.55 Å². The van der Waals surface area contributed by atoms with Crippen LogP contribution in [-0.2, 0) is 0 Å². The number of aliphatic hydroxyl groups is 1. The molecule has 0 bridgehead atoms. The third kappa shape index (κ3) is 3.33. The van der Waals surface area contributed by atoms with Crippen molar-refractivity contribution in [3.63, 3.8) is 0 Å². The van der Waals surface area contributed by atoms with Crippen LogP contribution in [0.3, 0.4) is 0 Å². The van der Waals surface area contributed by atoms with Crippen LogP contribution in [0.2, 0.25) is 0 Å². The van der Waals surface area contributed by atoms with Crippen molar-refractivity contribution in [1.29, 1.82) is 0 Å². The summed E-state index contributed by atoms with van der Waals surface area (Å²) in [6.45, 7) is -0.378. The van der Waals surface area contributed by atoms with Crippen LogP contribution in [0.15, 0.2) is 21.2 Å². The summed E-state index contributed by atoms with van der Waals surface area (Å²) in [7, 11) is 1.15. The van der Waals surface area contributed by atoms with Gasteiger partial charge in [0, 0.05) is 31.5 Å².